The highest BCUT2D eigenvalue weighted by Crippen LogP contribution is 2.34. The molecular formula is C17H24O4S. The van der Waals surface area contributed by atoms with Gasteiger partial charge in [-0.3, -0.25) is 4.79 Å². The maximum atomic E-state index is 11.9. The molecule has 4 nitrogen and oxygen atoms in total. The summed E-state index contributed by atoms with van der Waals surface area (Å²) in [5.41, 5.74) is 1.19. The molecule has 0 heterocycles. The zero-order valence-corrected chi connectivity index (χ0v) is 13.8. The SMILES string of the molecule is CS(=O)(=O)OC(=O)CC(Cc1ccccc1)C1CCCCC1. The molecule has 0 amide bonds. The first-order chi connectivity index (χ1) is 10.4. The van der Waals surface area contributed by atoms with Crippen LogP contribution in [0.2, 0.25) is 0 Å². The van der Waals surface area contributed by atoms with Crippen molar-refractivity contribution in [2.24, 2.45) is 11.8 Å². The van der Waals surface area contributed by atoms with E-state index in [1.165, 1.54) is 24.8 Å². The summed E-state index contributed by atoms with van der Waals surface area (Å²) in [5.74, 6) is -0.00739. The van der Waals surface area contributed by atoms with E-state index in [1.807, 2.05) is 18.2 Å². The largest absolute Gasteiger partial charge is 0.346 e. The molecule has 1 unspecified atom stereocenters. The smallest absolute Gasteiger partial charge is 0.322 e. The Bertz CT molecular complexity index is 574. The van der Waals surface area contributed by atoms with Crippen molar-refractivity contribution < 1.29 is 17.4 Å². The fraction of sp³-hybridized carbons (Fsp3) is 0.588. The van der Waals surface area contributed by atoms with E-state index in [0.717, 1.165) is 25.5 Å². The second-order valence-corrected chi connectivity index (χ2v) is 7.79. The summed E-state index contributed by atoms with van der Waals surface area (Å²) in [5, 5.41) is 0. The van der Waals surface area contributed by atoms with Gasteiger partial charge in [0.25, 0.3) is 0 Å². The predicted octanol–water partition coefficient (Wildman–Crippen LogP) is 3.32. The van der Waals surface area contributed by atoms with Crippen molar-refractivity contribution in [2.45, 2.75) is 44.9 Å². The van der Waals surface area contributed by atoms with Crippen LogP contribution in [0.5, 0.6) is 0 Å². The van der Waals surface area contributed by atoms with Crippen LogP contribution in [0.1, 0.15) is 44.1 Å². The molecule has 22 heavy (non-hydrogen) atoms. The van der Waals surface area contributed by atoms with Gasteiger partial charge in [-0.25, -0.2) is 0 Å². The third-order valence-electron chi connectivity index (χ3n) is 4.33. The number of benzene rings is 1. The second kappa shape index (κ2) is 7.77. The van der Waals surface area contributed by atoms with Crippen molar-refractivity contribution in [1.82, 2.24) is 0 Å². The highest BCUT2D eigenvalue weighted by Gasteiger charge is 2.27. The number of carbonyl (C=O) groups is 1. The number of rotatable bonds is 6. The quantitative estimate of drug-likeness (QED) is 0.753. The van der Waals surface area contributed by atoms with Gasteiger partial charge in [-0.2, -0.15) is 8.42 Å². The Hall–Kier alpha value is -1.36. The summed E-state index contributed by atoms with van der Waals surface area (Å²) in [6, 6.07) is 10.1. The molecular weight excluding hydrogens is 300 g/mol. The molecule has 0 saturated heterocycles. The van der Waals surface area contributed by atoms with E-state index in [2.05, 4.69) is 16.3 Å². The van der Waals surface area contributed by atoms with E-state index in [0.29, 0.717) is 5.92 Å². The fourth-order valence-electron chi connectivity index (χ4n) is 3.34. The van der Waals surface area contributed by atoms with Crippen LogP contribution in [0.15, 0.2) is 30.3 Å². The average molecular weight is 324 g/mol. The lowest BCUT2D eigenvalue weighted by molar-refractivity contribution is -0.135. The van der Waals surface area contributed by atoms with E-state index in [-0.39, 0.29) is 12.3 Å². The average Bonchev–Trinajstić information content (AvgIpc) is 2.47. The summed E-state index contributed by atoms with van der Waals surface area (Å²) < 4.78 is 26.8. The Morgan fingerprint density at radius 1 is 1.18 bits per heavy atom. The number of carbonyl (C=O) groups excluding carboxylic acids is 1. The Kier molecular flexibility index (Phi) is 6.00. The first-order valence-electron chi connectivity index (χ1n) is 7.90. The van der Waals surface area contributed by atoms with Crippen LogP contribution >= 0.6 is 0 Å². The summed E-state index contributed by atoms with van der Waals surface area (Å²) in [4.78, 5) is 11.9. The second-order valence-electron chi connectivity index (χ2n) is 6.21. The van der Waals surface area contributed by atoms with Crippen LogP contribution in [-0.4, -0.2) is 20.6 Å². The molecule has 1 aromatic carbocycles. The summed E-state index contributed by atoms with van der Waals surface area (Å²) in [6.07, 6.45) is 7.75. The topological polar surface area (TPSA) is 60.4 Å². The van der Waals surface area contributed by atoms with Crippen LogP contribution in [-0.2, 0) is 25.5 Å². The molecule has 0 N–H and O–H groups in total. The lowest BCUT2D eigenvalue weighted by Gasteiger charge is -2.29. The van der Waals surface area contributed by atoms with Gasteiger partial charge in [-0.05, 0) is 23.8 Å². The van der Waals surface area contributed by atoms with Crippen LogP contribution in [0, 0.1) is 11.8 Å². The lowest BCUT2D eigenvalue weighted by atomic mass is 9.76. The van der Waals surface area contributed by atoms with E-state index in [4.69, 9.17) is 0 Å². The molecule has 1 fully saturated rings. The Balaban J connectivity index is 2.05. The monoisotopic (exact) mass is 324 g/mol. The number of hydrogen-bond acceptors (Lipinski definition) is 4. The van der Waals surface area contributed by atoms with Gasteiger partial charge in [0.1, 0.15) is 0 Å². The molecule has 1 aliphatic carbocycles. The van der Waals surface area contributed by atoms with Gasteiger partial charge >= 0.3 is 16.1 Å². The minimum atomic E-state index is -3.72. The zero-order chi connectivity index (χ0) is 16.0. The van der Waals surface area contributed by atoms with Crippen molar-refractivity contribution >= 4 is 16.1 Å². The van der Waals surface area contributed by atoms with Gasteiger partial charge in [-0.15, -0.1) is 0 Å². The summed E-state index contributed by atoms with van der Waals surface area (Å²) >= 11 is 0. The molecule has 1 saturated carbocycles. The van der Waals surface area contributed by atoms with E-state index >= 15 is 0 Å². The minimum Gasteiger partial charge on any atom is -0.346 e. The lowest BCUT2D eigenvalue weighted by Crippen LogP contribution is -2.25. The van der Waals surface area contributed by atoms with Gasteiger partial charge in [0, 0.05) is 0 Å². The highest BCUT2D eigenvalue weighted by molar-refractivity contribution is 7.86. The molecule has 1 aliphatic rings. The molecule has 1 aromatic rings. The molecule has 1 atom stereocenters. The predicted molar refractivity (Wildman–Crippen MR) is 85.8 cm³/mol. The van der Waals surface area contributed by atoms with Crippen LogP contribution in [0.4, 0.5) is 0 Å². The van der Waals surface area contributed by atoms with Gasteiger partial charge in [0.15, 0.2) is 0 Å². The first-order valence-corrected chi connectivity index (χ1v) is 9.72. The maximum Gasteiger partial charge on any atom is 0.322 e. The highest BCUT2D eigenvalue weighted by atomic mass is 32.2. The Labute approximate surface area is 133 Å². The third kappa shape index (κ3) is 5.79. The molecule has 0 bridgehead atoms. The van der Waals surface area contributed by atoms with Gasteiger partial charge in [-0.1, -0.05) is 62.4 Å². The molecule has 0 aromatic heterocycles. The molecule has 0 aliphatic heterocycles. The van der Waals surface area contributed by atoms with Gasteiger partial charge in [0.2, 0.25) is 0 Å². The fourth-order valence-corrected chi connectivity index (χ4v) is 3.75. The third-order valence-corrected chi connectivity index (χ3v) is 4.82. The molecule has 2 rings (SSSR count). The van der Waals surface area contributed by atoms with Crippen molar-refractivity contribution in [1.29, 1.82) is 0 Å². The van der Waals surface area contributed by atoms with Crippen molar-refractivity contribution in [3.05, 3.63) is 35.9 Å². The Morgan fingerprint density at radius 2 is 1.82 bits per heavy atom. The number of hydrogen-bond donors (Lipinski definition) is 0. The summed E-state index contributed by atoms with van der Waals surface area (Å²) in [7, 11) is -3.72. The van der Waals surface area contributed by atoms with Gasteiger partial charge in [0.05, 0.1) is 12.7 Å². The van der Waals surface area contributed by atoms with Crippen molar-refractivity contribution in [3.8, 4) is 0 Å². The van der Waals surface area contributed by atoms with E-state index in [9.17, 15) is 13.2 Å². The Morgan fingerprint density at radius 3 is 2.41 bits per heavy atom. The maximum absolute atomic E-state index is 11.9. The normalized spacial score (nSPS) is 17.9. The van der Waals surface area contributed by atoms with E-state index in [1.54, 1.807) is 0 Å². The first kappa shape index (κ1) is 17.0. The summed E-state index contributed by atoms with van der Waals surface area (Å²) in [6.45, 7) is 0. The van der Waals surface area contributed by atoms with Crippen LogP contribution in [0.3, 0.4) is 0 Å². The van der Waals surface area contributed by atoms with E-state index < -0.39 is 16.1 Å². The van der Waals surface area contributed by atoms with Crippen LogP contribution < -0.4 is 0 Å². The van der Waals surface area contributed by atoms with Crippen LogP contribution in [0.25, 0.3) is 0 Å². The van der Waals surface area contributed by atoms with Crippen molar-refractivity contribution in [2.75, 3.05) is 6.26 Å². The molecule has 5 heteroatoms. The molecule has 122 valence electrons. The molecule has 0 spiro atoms. The minimum absolute atomic E-state index is 0.150. The van der Waals surface area contributed by atoms with Gasteiger partial charge < -0.3 is 4.18 Å². The molecule has 0 radical (unpaired) electrons. The van der Waals surface area contributed by atoms with Crippen molar-refractivity contribution in [3.63, 3.8) is 0 Å². The standard InChI is InChI=1S/C17H24O4S/c1-22(19,20)21-17(18)13-16(15-10-6-3-7-11-15)12-14-8-4-2-5-9-14/h2,4-5,8-9,15-16H,3,6-7,10-13H2,1H3. The zero-order valence-electron chi connectivity index (χ0n) is 13.0.